The predicted molar refractivity (Wildman–Crippen MR) is 174 cm³/mol. The van der Waals surface area contributed by atoms with E-state index in [2.05, 4.69) is 25.9 Å². The van der Waals surface area contributed by atoms with Crippen LogP contribution < -0.4 is 21.7 Å². The number of hydrogen-bond acceptors (Lipinski definition) is 5. The largest absolute Gasteiger partial charge is 0.480 e. The molecule has 0 spiro atoms. The van der Waals surface area contributed by atoms with Gasteiger partial charge in [0.2, 0.25) is 17.7 Å². The first-order valence-electron chi connectivity index (χ1n) is 15.5. The second-order valence-corrected chi connectivity index (χ2v) is 11.9. The van der Waals surface area contributed by atoms with Gasteiger partial charge in [-0.2, -0.15) is 0 Å². The van der Waals surface area contributed by atoms with Crippen molar-refractivity contribution in [1.29, 1.82) is 0 Å². The zero-order valence-corrected chi connectivity index (χ0v) is 26.2. The highest BCUT2D eigenvalue weighted by Gasteiger charge is 2.34. The molecule has 3 amide bonds. The molecule has 0 aliphatic heterocycles. The van der Waals surface area contributed by atoms with E-state index in [0.29, 0.717) is 12.8 Å². The highest BCUT2D eigenvalue weighted by atomic mass is 16.4. The number of nitrogens with one attached hydrogen (secondary N) is 5. The van der Waals surface area contributed by atoms with E-state index in [1.165, 1.54) is 0 Å². The maximum atomic E-state index is 13.9. The number of benzene rings is 2. The highest BCUT2D eigenvalue weighted by Crippen LogP contribution is 2.21. The summed E-state index contributed by atoms with van der Waals surface area (Å²) in [5, 5.41) is 20.1. The molecule has 8 N–H and O–H groups in total. The van der Waals surface area contributed by atoms with Crippen molar-refractivity contribution >= 4 is 45.5 Å². The number of aromatic nitrogens is 2. The molecule has 0 saturated carbocycles. The summed E-state index contributed by atoms with van der Waals surface area (Å²) < 4.78 is 0. The molecule has 6 unspecified atom stereocenters. The number of aromatic amines is 2. The van der Waals surface area contributed by atoms with Crippen LogP contribution in [0.4, 0.5) is 0 Å². The van der Waals surface area contributed by atoms with Crippen molar-refractivity contribution in [3.8, 4) is 0 Å². The molecule has 6 atom stereocenters. The van der Waals surface area contributed by atoms with Gasteiger partial charge < -0.3 is 36.8 Å². The Morgan fingerprint density at radius 3 is 1.71 bits per heavy atom. The molecule has 11 nitrogen and oxygen atoms in total. The Bertz CT molecular complexity index is 1640. The minimum absolute atomic E-state index is 0.0546. The van der Waals surface area contributed by atoms with E-state index in [0.717, 1.165) is 32.9 Å². The zero-order valence-electron chi connectivity index (χ0n) is 26.2. The van der Waals surface area contributed by atoms with Crippen LogP contribution in [0.2, 0.25) is 0 Å². The lowest BCUT2D eigenvalue weighted by Crippen LogP contribution is -2.59. The monoisotopic (exact) mass is 616 g/mol. The maximum absolute atomic E-state index is 13.9. The molecule has 4 aromatic rings. The number of carboxylic acid groups (broad SMARTS) is 1. The van der Waals surface area contributed by atoms with Crippen molar-refractivity contribution in [3.63, 3.8) is 0 Å². The number of aliphatic carboxylic acids is 1. The van der Waals surface area contributed by atoms with E-state index in [9.17, 15) is 24.3 Å². The predicted octanol–water partition coefficient (Wildman–Crippen LogP) is 3.39. The van der Waals surface area contributed by atoms with E-state index in [1.54, 1.807) is 12.4 Å². The summed E-state index contributed by atoms with van der Waals surface area (Å²) in [4.78, 5) is 59.3. The normalized spacial score (nSPS) is 15.5. The van der Waals surface area contributed by atoms with Crippen LogP contribution in [-0.2, 0) is 32.0 Å². The smallest absolute Gasteiger partial charge is 0.326 e. The molecule has 0 bridgehead atoms. The van der Waals surface area contributed by atoms with E-state index >= 15 is 0 Å². The second kappa shape index (κ2) is 14.9. The molecule has 0 saturated heterocycles. The van der Waals surface area contributed by atoms with Crippen LogP contribution in [0.3, 0.4) is 0 Å². The lowest BCUT2D eigenvalue weighted by molar-refractivity contribution is -0.142. The Morgan fingerprint density at radius 1 is 0.711 bits per heavy atom. The number of hydrogen-bond donors (Lipinski definition) is 7. The Labute approximate surface area is 262 Å². The quantitative estimate of drug-likeness (QED) is 0.107. The summed E-state index contributed by atoms with van der Waals surface area (Å²) in [6.45, 7) is 7.50. The maximum Gasteiger partial charge on any atom is 0.326 e. The van der Waals surface area contributed by atoms with Gasteiger partial charge in [0.1, 0.15) is 18.1 Å². The molecule has 2 aromatic heterocycles. The van der Waals surface area contributed by atoms with Gasteiger partial charge >= 0.3 is 5.97 Å². The molecule has 0 radical (unpaired) electrons. The van der Waals surface area contributed by atoms with Crippen molar-refractivity contribution < 1.29 is 24.3 Å². The summed E-state index contributed by atoms with van der Waals surface area (Å²) in [7, 11) is 0. The Hall–Kier alpha value is -4.64. The SMILES string of the molecule is CCC(C)C(N)C(=O)NC(Cc1c[nH]c2ccccc12)C(=O)NC(C(=O)NC(Cc1c[nH]c2ccccc12)C(=O)O)C(C)CC. The number of carbonyl (C=O) groups excluding carboxylic acids is 3. The second-order valence-electron chi connectivity index (χ2n) is 11.9. The molecule has 0 aliphatic rings. The lowest BCUT2D eigenvalue weighted by Gasteiger charge is -2.28. The molecular weight excluding hydrogens is 572 g/mol. The summed E-state index contributed by atoms with van der Waals surface area (Å²) >= 11 is 0. The van der Waals surface area contributed by atoms with Gasteiger partial charge in [-0.1, -0.05) is 76.9 Å². The molecule has 240 valence electrons. The van der Waals surface area contributed by atoms with Crippen molar-refractivity contribution in [2.45, 2.75) is 77.5 Å². The van der Waals surface area contributed by atoms with E-state index in [-0.39, 0.29) is 24.7 Å². The molecule has 2 aromatic carbocycles. The number of fused-ring (bicyclic) bond motifs is 2. The molecule has 11 heteroatoms. The zero-order chi connectivity index (χ0) is 32.7. The summed E-state index contributed by atoms with van der Waals surface area (Å²) in [5.74, 6) is -3.26. The van der Waals surface area contributed by atoms with Gasteiger partial charge in [0.25, 0.3) is 0 Å². The lowest BCUT2D eigenvalue weighted by atomic mass is 9.95. The van der Waals surface area contributed by atoms with Crippen LogP contribution in [-0.4, -0.2) is 62.9 Å². The number of nitrogens with two attached hydrogens (primary N) is 1. The fourth-order valence-corrected chi connectivity index (χ4v) is 5.45. The molecule has 0 aliphatic carbocycles. The van der Waals surface area contributed by atoms with Gasteiger partial charge in [0.05, 0.1) is 6.04 Å². The average molecular weight is 617 g/mol. The summed E-state index contributed by atoms with van der Waals surface area (Å²) in [6, 6.07) is 11.0. The Balaban J connectivity index is 1.56. The summed E-state index contributed by atoms with van der Waals surface area (Å²) in [5.41, 5.74) is 9.53. The van der Waals surface area contributed by atoms with E-state index in [1.807, 2.05) is 76.2 Å². The van der Waals surface area contributed by atoms with Crippen molar-refractivity contribution in [2.24, 2.45) is 17.6 Å². The van der Waals surface area contributed by atoms with Crippen LogP contribution in [0.1, 0.15) is 51.7 Å². The number of H-pyrrole nitrogens is 2. The van der Waals surface area contributed by atoms with Gasteiger partial charge in [-0.3, -0.25) is 14.4 Å². The average Bonchev–Trinajstić information content (AvgIpc) is 3.65. The number of carboxylic acids is 1. The van der Waals surface area contributed by atoms with Crippen LogP contribution in [0.25, 0.3) is 21.8 Å². The molecule has 0 fully saturated rings. The van der Waals surface area contributed by atoms with Gasteiger partial charge in [0.15, 0.2) is 0 Å². The Kier molecular flexibility index (Phi) is 11.0. The van der Waals surface area contributed by atoms with Gasteiger partial charge in [-0.25, -0.2) is 4.79 Å². The number of carbonyl (C=O) groups is 4. The third-order valence-electron chi connectivity index (χ3n) is 8.80. The standard InChI is InChI=1S/C34H44N6O5/c1-5-19(3)29(35)32(42)38-27(15-21-17-36-25-13-9-7-11-23(21)25)31(41)40-30(20(4)6-2)33(43)39-28(34(44)45)16-22-18-37-26-14-10-8-12-24(22)26/h7-14,17-20,27-30,36-37H,5-6,15-16,35H2,1-4H3,(H,38,42)(H,39,43)(H,40,41)(H,44,45). The number of para-hydroxylation sites is 2. The minimum atomic E-state index is -1.23. The summed E-state index contributed by atoms with van der Waals surface area (Å²) in [6.07, 6.45) is 4.97. The topological polar surface area (TPSA) is 182 Å². The van der Waals surface area contributed by atoms with Crippen molar-refractivity contribution in [1.82, 2.24) is 25.9 Å². The third-order valence-corrected chi connectivity index (χ3v) is 8.80. The van der Waals surface area contributed by atoms with Crippen LogP contribution in [0, 0.1) is 11.8 Å². The molecule has 45 heavy (non-hydrogen) atoms. The number of amides is 3. The highest BCUT2D eigenvalue weighted by molar-refractivity contribution is 5.95. The van der Waals surface area contributed by atoms with Gasteiger partial charge in [-0.15, -0.1) is 0 Å². The van der Waals surface area contributed by atoms with Crippen LogP contribution in [0.5, 0.6) is 0 Å². The van der Waals surface area contributed by atoms with Gasteiger partial charge in [-0.05, 0) is 35.1 Å². The minimum Gasteiger partial charge on any atom is -0.480 e. The van der Waals surface area contributed by atoms with Gasteiger partial charge in [0, 0.05) is 47.0 Å². The first-order valence-corrected chi connectivity index (χ1v) is 15.5. The Morgan fingerprint density at radius 2 is 1.20 bits per heavy atom. The van der Waals surface area contributed by atoms with Crippen LogP contribution in [0.15, 0.2) is 60.9 Å². The third kappa shape index (κ3) is 7.91. The van der Waals surface area contributed by atoms with Crippen molar-refractivity contribution in [3.05, 3.63) is 72.1 Å². The molecule has 2 heterocycles. The van der Waals surface area contributed by atoms with Crippen LogP contribution >= 0.6 is 0 Å². The first-order chi connectivity index (χ1) is 21.5. The van der Waals surface area contributed by atoms with Crippen molar-refractivity contribution in [2.75, 3.05) is 0 Å². The molecular formula is C34H44N6O5. The fourth-order valence-electron chi connectivity index (χ4n) is 5.45. The number of rotatable bonds is 15. The fraction of sp³-hybridized carbons (Fsp3) is 0.412. The van der Waals surface area contributed by atoms with E-state index in [4.69, 9.17) is 5.73 Å². The molecule has 4 rings (SSSR count). The first kappa shape index (κ1) is 33.3. The van der Waals surface area contributed by atoms with E-state index < -0.39 is 47.9 Å².